The third-order valence-electron chi connectivity index (χ3n) is 2.67. The Bertz CT molecular complexity index is 590. The lowest BCUT2D eigenvalue weighted by Crippen LogP contribution is -2.07. The molecular formula is C16H19NO3S. The maximum absolute atomic E-state index is 11.4. The van der Waals surface area contributed by atoms with Crippen molar-refractivity contribution < 1.29 is 14.3 Å². The minimum absolute atomic E-state index is 0.159. The second-order valence-corrected chi connectivity index (χ2v) is 5.74. The Kier molecular flexibility index (Phi) is 5.33. The van der Waals surface area contributed by atoms with Crippen LogP contribution >= 0.6 is 11.3 Å². The van der Waals surface area contributed by atoms with E-state index in [1.54, 1.807) is 6.92 Å². The van der Waals surface area contributed by atoms with Gasteiger partial charge in [-0.25, -0.2) is 4.98 Å². The molecule has 1 heterocycles. The Morgan fingerprint density at radius 3 is 2.62 bits per heavy atom. The van der Waals surface area contributed by atoms with Crippen molar-refractivity contribution in [2.24, 2.45) is 0 Å². The number of ether oxygens (including phenoxy) is 2. The van der Waals surface area contributed by atoms with Gasteiger partial charge >= 0.3 is 5.97 Å². The lowest BCUT2D eigenvalue weighted by molar-refractivity contribution is -0.142. The summed E-state index contributed by atoms with van der Waals surface area (Å²) in [6, 6.07) is 7.81. The smallest absolute Gasteiger partial charge is 0.312 e. The van der Waals surface area contributed by atoms with E-state index in [1.165, 1.54) is 11.3 Å². The standard InChI is InChI=1S/C16H19NO3S/c1-4-19-16(18)9-15-17-14(10-21-15)12-5-7-13(8-6-12)20-11(2)3/h5-8,10-11H,4,9H2,1-3H3. The van der Waals surface area contributed by atoms with Gasteiger partial charge in [0.2, 0.25) is 0 Å². The summed E-state index contributed by atoms with van der Waals surface area (Å²) in [7, 11) is 0. The second-order valence-electron chi connectivity index (χ2n) is 4.80. The molecule has 0 N–H and O–H groups in total. The number of aromatic nitrogens is 1. The average Bonchev–Trinajstić information content (AvgIpc) is 2.87. The summed E-state index contributed by atoms with van der Waals surface area (Å²) in [6.45, 7) is 6.19. The number of carbonyl (C=O) groups is 1. The first-order valence-corrected chi connectivity index (χ1v) is 7.83. The van der Waals surface area contributed by atoms with Crippen LogP contribution in [0.3, 0.4) is 0 Å². The molecule has 0 spiro atoms. The van der Waals surface area contributed by atoms with Crippen LogP contribution in [0.25, 0.3) is 11.3 Å². The van der Waals surface area contributed by atoms with Gasteiger partial charge in [-0.05, 0) is 45.0 Å². The minimum Gasteiger partial charge on any atom is -0.491 e. The Morgan fingerprint density at radius 2 is 2.00 bits per heavy atom. The lowest BCUT2D eigenvalue weighted by Gasteiger charge is -2.09. The molecule has 0 unspecified atom stereocenters. The summed E-state index contributed by atoms with van der Waals surface area (Å²) in [5.41, 5.74) is 1.88. The van der Waals surface area contributed by atoms with Crippen molar-refractivity contribution in [3.63, 3.8) is 0 Å². The van der Waals surface area contributed by atoms with Crippen molar-refractivity contribution in [3.8, 4) is 17.0 Å². The maximum Gasteiger partial charge on any atom is 0.312 e. The first-order valence-electron chi connectivity index (χ1n) is 6.95. The number of rotatable bonds is 6. The van der Waals surface area contributed by atoms with Crippen molar-refractivity contribution in [1.29, 1.82) is 0 Å². The molecule has 2 aromatic rings. The van der Waals surface area contributed by atoms with E-state index in [9.17, 15) is 4.79 Å². The van der Waals surface area contributed by atoms with Gasteiger partial charge in [-0.15, -0.1) is 11.3 Å². The fourth-order valence-corrected chi connectivity index (χ4v) is 2.63. The van der Waals surface area contributed by atoms with Gasteiger partial charge in [-0.1, -0.05) is 0 Å². The molecule has 1 aromatic carbocycles. The van der Waals surface area contributed by atoms with E-state index in [0.29, 0.717) is 6.61 Å². The molecule has 0 radical (unpaired) electrons. The second kappa shape index (κ2) is 7.22. The first kappa shape index (κ1) is 15.5. The van der Waals surface area contributed by atoms with Crippen LogP contribution in [0.1, 0.15) is 25.8 Å². The highest BCUT2D eigenvalue weighted by Crippen LogP contribution is 2.25. The normalized spacial score (nSPS) is 10.7. The molecule has 0 atom stereocenters. The van der Waals surface area contributed by atoms with Crippen LogP contribution in [-0.4, -0.2) is 23.7 Å². The predicted molar refractivity (Wildman–Crippen MR) is 83.7 cm³/mol. The SMILES string of the molecule is CCOC(=O)Cc1nc(-c2ccc(OC(C)C)cc2)cs1. The molecule has 0 aliphatic carbocycles. The summed E-state index contributed by atoms with van der Waals surface area (Å²) in [6.07, 6.45) is 0.388. The summed E-state index contributed by atoms with van der Waals surface area (Å²) in [5, 5.41) is 2.72. The largest absolute Gasteiger partial charge is 0.491 e. The number of nitrogens with zero attached hydrogens (tertiary/aromatic N) is 1. The van der Waals surface area contributed by atoms with Crippen molar-refractivity contribution in [2.75, 3.05) is 6.61 Å². The Hall–Kier alpha value is -1.88. The van der Waals surface area contributed by atoms with E-state index in [1.807, 2.05) is 43.5 Å². The summed E-state index contributed by atoms with van der Waals surface area (Å²) >= 11 is 1.47. The monoisotopic (exact) mass is 305 g/mol. The molecule has 0 fully saturated rings. The highest BCUT2D eigenvalue weighted by atomic mass is 32.1. The fraction of sp³-hybridized carbons (Fsp3) is 0.375. The van der Waals surface area contributed by atoms with E-state index < -0.39 is 0 Å². The summed E-state index contributed by atoms with van der Waals surface area (Å²) in [4.78, 5) is 15.9. The van der Waals surface area contributed by atoms with Crippen LogP contribution in [-0.2, 0) is 16.0 Å². The van der Waals surface area contributed by atoms with Crippen LogP contribution < -0.4 is 4.74 Å². The Morgan fingerprint density at radius 1 is 1.29 bits per heavy atom. The molecule has 21 heavy (non-hydrogen) atoms. The zero-order valence-corrected chi connectivity index (χ0v) is 13.3. The highest BCUT2D eigenvalue weighted by molar-refractivity contribution is 7.10. The fourth-order valence-electron chi connectivity index (χ4n) is 1.84. The summed E-state index contributed by atoms with van der Waals surface area (Å²) < 4.78 is 10.5. The summed E-state index contributed by atoms with van der Waals surface area (Å²) in [5.74, 6) is 0.606. The number of thiazole rings is 1. The van der Waals surface area contributed by atoms with Gasteiger partial charge in [0.25, 0.3) is 0 Å². The zero-order valence-electron chi connectivity index (χ0n) is 12.5. The molecule has 0 saturated heterocycles. The van der Waals surface area contributed by atoms with Crippen LogP contribution in [0.5, 0.6) is 5.75 Å². The molecule has 1 aromatic heterocycles. The molecule has 2 rings (SSSR count). The van der Waals surface area contributed by atoms with Gasteiger partial charge in [0.1, 0.15) is 10.8 Å². The minimum atomic E-state index is -0.237. The molecule has 0 saturated carbocycles. The van der Waals surface area contributed by atoms with Crippen molar-refractivity contribution in [3.05, 3.63) is 34.7 Å². The number of esters is 1. The number of hydrogen-bond acceptors (Lipinski definition) is 5. The number of benzene rings is 1. The Balaban J connectivity index is 2.05. The van der Waals surface area contributed by atoms with E-state index in [2.05, 4.69) is 4.98 Å². The Labute approximate surface area is 128 Å². The van der Waals surface area contributed by atoms with Crippen LogP contribution in [0.2, 0.25) is 0 Å². The van der Waals surface area contributed by atoms with Crippen molar-refractivity contribution >= 4 is 17.3 Å². The third-order valence-corrected chi connectivity index (χ3v) is 3.52. The quantitative estimate of drug-likeness (QED) is 0.763. The van der Waals surface area contributed by atoms with Gasteiger partial charge in [-0.2, -0.15) is 0 Å². The predicted octanol–water partition coefficient (Wildman–Crippen LogP) is 3.70. The topological polar surface area (TPSA) is 48.4 Å². The average molecular weight is 305 g/mol. The third kappa shape index (κ3) is 4.56. The molecule has 0 aliphatic heterocycles. The molecule has 4 nitrogen and oxygen atoms in total. The van der Waals surface area contributed by atoms with Gasteiger partial charge in [0.05, 0.1) is 24.8 Å². The zero-order chi connectivity index (χ0) is 15.2. The highest BCUT2D eigenvalue weighted by Gasteiger charge is 2.10. The van der Waals surface area contributed by atoms with Gasteiger partial charge < -0.3 is 9.47 Å². The van der Waals surface area contributed by atoms with Crippen LogP contribution in [0, 0.1) is 0 Å². The van der Waals surface area contributed by atoms with Gasteiger partial charge in [0.15, 0.2) is 0 Å². The molecule has 0 aliphatic rings. The number of carbonyl (C=O) groups excluding carboxylic acids is 1. The van der Waals surface area contributed by atoms with Crippen molar-refractivity contribution in [2.45, 2.75) is 33.3 Å². The van der Waals surface area contributed by atoms with Crippen LogP contribution in [0.15, 0.2) is 29.6 Å². The van der Waals surface area contributed by atoms with E-state index in [4.69, 9.17) is 9.47 Å². The van der Waals surface area contributed by atoms with Gasteiger partial charge in [0, 0.05) is 10.9 Å². The van der Waals surface area contributed by atoms with Crippen LogP contribution in [0.4, 0.5) is 0 Å². The first-order chi connectivity index (χ1) is 10.1. The number of hydrogen-bond donors (Lipinski definition) is 0. The molecule has 0 bridgehead atoms. The van der Waals surface area contributed by atoms with Gasteiger partial charge in [-0.3, -0.25) is 4.79 Å². The molecule has 5 heteroatoms. The maximum atomic E-state index is 11.4. The molecular weight excluding hydrogens is 286 g/mol. The molecule has 112 valence electrons. The van der Waals surface area contributed by atoms with E-state index in [0.717, 1.165) is 22.0 Å². The van der Waals surface area contributed by atoms with E-state index >= 15 is 0 Å². The van der Waals surface area contributed by atoms with E-state index in [-0.39, 0.29) is 18.5 Å². The lowest BCUT2D eigenvalue weighted by atomic mass is 10.2. The van der Waals surface area contributed by atoms with Crippen molar-refractivity contribution in [1.82, 2.24) is 4.98 Å². The molecule has 0 amide bonds.